The first-order valence-electron chi connectivity index (χ1n) is 17.5. The van der Waals surface area contributed by atoms with Crippen LogP contribution in [-0.2, 0) is 49.2 Å². The fraction of sp³-hybridized carbons (Fsp3) is 0.441. The predicted octanol–water partition coefficient (Wildman–Crippen LogP) is 1.93. The van der Waals surface area contributed by atoms with Crippen LogP contribution in [0.2, 0.25) is 0 Å². The number of nitriles is 1. The number of ether oxygens (including phenoxy) is 3. The number of rotatable bonds is 17. The average molecular weight is 849 g/mol. The van der Waals surface area contributed by atoms with Crippen molar-refractivity contribution in [3.8, 4) is 6.07 Å². The smallest absolute Gasteiger partial charge is 0.330 e. The first-order valence-corrected chi connectivity index (χ1v) is 20.1. The van der Waals surface area contributed by atoms with E-state index in [0.29, 0.717) is 5.56 Å². The van der Waals surface area contributed by atoms with E-state index in [2.05, 4.69) is 20.3 Å². The molecule has 0 radical (unpaired) electrons. The van der Waals surface area contributed by atoms with E-state index in [0.717, 1.165) is 23.2 Å². The number of fused-ring (bicyclic) bond motifs is 1. The van der Waals surface area contributed by atoms with E-state index in [1.807, 2.05) is 11.1 Å². The number of aromatic nitrogens is 6. The van der Waals surface area contributed by atoms with Gasteiger partial charge in [-0.05, 0) is 30.9 Å². The normalized spacial score (nSPS) is 25.2. The number of amides is 1. The molecule has 20 nitrogen and oxygen atoms in total. The van der Waals surface area contributed by atoms with Crippen LogP contribution in [0.15, 0.2) is 64.8 Å². The van der Waals surface area contributed by atoms with E-state index in [-0.39, 0.29) is 42.0 Å². The third kappa shape index (κ3) is 9.57. The van der Waals surface area contributed by atoms with Crippen molar-refractivity contribution in [1.82, 2.24) is 29.1 Å². The molecule has 0 saturated carbocycles. The third-order valence-corrected chi connectivity index (χ3v) is 11.2. The number of benzene rings is 1. The van der Waals surface area contributed by atoms with Crippen LogP contribution in [0.25, 0.3) is 11.2 Å². The molecule has 5 heterocycles. The van der Waals surface area contributed by atoms with Gasteiger partial charge < -0.3 is 38.5 Å². The summed E-state index contributed by atoms with van der Waals surface area (Å²) < 4.78 is 68.7. The van der Waals surface area contributed by atoms with Gasteiger partial charge in [0.15, 0.2) is 47.9 Å². The highest BCUT2D eigenvalue weighted by Crippen LogP contribution is 2.55. The van der Waals surface area contributed by atoms with Gasteiger partial charge in [-0.1, -0.05) is 18.2 Å². The summed E-state index contributed by atoms with van der Waals surface area (Å²) >= 11 is 5.57. The quantitative estimate of drug-likeness (QED) is 0.0779. The Kier molecular flexibility index (Phi) is 13.6. The van der Waals surface area contributed by atoms with Gasteiger partial charge in [0.2, 0.25) is 0 Å². The molecule has 2 saturated heterocycles. The first-order chi connectivity index (χ1) is 27.8. The van der Waals surface area contributed by atoms with Gasteiger partial charge in [-0.2, -0.15) is 5.26 Å². The molecule has 1 aromatic carbocycles. The minimum absolute atomic E-state index is 0.00238. The SMILES string of the molecule is CC(=O)CCC(=O)OC1C(F)C(COP(=S)(OCCC#N)OC2C(F)C(CO)OC2n2ccc(=O)[nH]c2=O)OC1n1cnc2c(NC(=O)c3ccccc3)ncnc21. The van der Waals surface area contributed by atoms with E-state index in [9.17, 15) is 29.1 Å². The van der Waals surface area contributed by atoms with Gasteiger partial charge in [0.05, 0.1) is 45.1 Å². The number of nitrogens with one attached hydrogen (secondary N) is 2. The molecule has 0 bridgehead atoms. The molecular weight excluding hydrogens is 813 g/mol. The van der Waals surface area contributed by atoms with Crippen LogP contribution in [0.3, 0.4) is 0 Å². The van der Waals surface area contributed by atoms with Crippen LogP contribution in [0.5, 0.6) is 0 Å². The van der Waals surface area contributed by atoms with E-state index in [4.69, 9.17) is 44.9 Å². The number of anilines is 1. The molecule has 6 rings (SSSR count). The third-order valence-electron chi connectivity index (χ3n) is 8.79. The highest BCUT2D eigenvalue weighted by Gasteiger charge is 2.52. The molecule has 0 aliphatic carbocycles. The lowest BCUT2D eigenvalue weighted by molar-refractivity contribution is -0.157. The topological polar surface area (TPSA) is 261 Å². The molecule has 2 aliphatic heterocycles. The summed E-state index contributed by atoms with van der Waals surface area (Å²) in [4.78, 5) is 76.3. The van der Waals surface area contributed by atoms with Crippen LogP contribution in [0.1, 0.15) is 49.0 Å². The van der Waals surface area contributed by atoms with E-state index in [1.165, 1.54) is 17.8 Å². The summed E-state index contributed by atoms with van der Waals surface area (Å²) in [5.41, 5.74) is -1.34. The summed E-state index contributed by atoms with van der Waals surface area (Å²) in [5.74, 6) is -1.75. The van der Waals surface area contributed by atoms with Crippen molar-refractivity contribution in [2.24, 2.45) is 0 Å². The lowest BCUT2D eigenvalue weighted by atomic mass is 10.1. The molecule has 0 spiro atoms. The van der Waals surface area contributed by atoms with Gasteiger partial charge in [-0.3, -0.25) is 33.0 Å². The number of nitrogens with zero attached hydrogens (tertiary/aromatic N) is 6. The summed E-state index contributed by atoms with van der Waals surface area (Å²) in [7, 11) is 0. The number of H-pyrrole nitrogens is 1. The molecule has 308 valence electrons. The Morgan fingerprint density at radius 3 is 2.45 bits per heavy atom. The number of imidazole rings is 1. The number of hydrogen-bond acceptors (Lipinski definition) is 17. The molecule has 2 fully saturated rings. The van der Waals surface area contributed by atoms with Crippen LogP contribution < -0.4 is 16.6 Å². The molecule has 9 unspecified atom stereocenters. The van der Waals surface area contributed by atoms with Gasteiger partial charge >= 0.3 is 18.4 Å². The second kappa shape index (κ2) is 18.6. The highest BCUT2D eigenvalue weighted by atomic mass is 32.5. The van der Waals surface area contributed by atoms with E-state index >= 15 is 8.78 Å². The molecule has 9 atom stereocenters. The Morgan fingerprint density at radius 2 is 1.74 bits per heavy atom. The molecule has 24 heteroatoms. The van der Waals surface area contributed by atoms with Crippen LogP contribution in [0.4, 0.5) is 14.6 Å². The van der Waals surface area contributed by atoms with E-state index in [1.54, 1.807) is 30.3 Å². The molecule has 3 N–H and O–H groups in total. The number of carbonyl (C=O) groups is 3. The Morgan fingerprint density at radius 1 is 1.02 bits per heavy atom. The fourth-order valence-electron chi connectivity index (χ4n) is 5.99. The van der Waals surface area contributed by atoms with Crippen molar-refractivity contribution >= 4 is 53.2 Å². The summed E-state index contributed by atoms with van der Waals surface area (Å²) in [5, 5.41) is 21.6. The number of Topliss-reactive ketones (excluding diaryl/α,β-unsaturated/α-hetero) is 1. The zero-order valence-corrected chi connectivity index (χ0v) is 32.0. The number of esters is 1. The Hall–Kier alpha value is -5.18. The van der Waals surface area contributed by atoms with Gasteiger partial charge in [-0.15, -0.1) is 0 Å². The van der Waals surface area contributed by atoms with Gasteiger partial charge in [0.25, 0.3) is 11.5 Å². The number of aliphatic hydroxyl groups is 1. The number of aromatic amines is 1. The Balaban J connectivity index is 1.27. The predicted molar refractivity (Wildman–Crippen MR) is 197 cm³/mol. The largest absolute Gasteiger partial charge is 0.454 e. The molecular formula is C34H35F2N8O12PS. The molecule has 58 heavy (non-hydrogen) atoms. The van der Waals surface area contributed by atoms with Crippen molar-refractivity contribution in [1.29, 1.82) is 5.26 Å². The number of aliphatic hydroxyl groups excluding tert-OH is 1. The second-order valence-electron chi connectivity index (χ2n) is 12.8. The van der Waals surface area contributed by atoms with Gasteiger partial charge in [-0.25, -0.2) is 28.5 Å². The maximum absolute atomic E-state index is 16.5. The molecule has 1 amide bonds. The van der Waals surface area contributed by atoms with Crippen molar-refractivity contribution in [2.45, 2.75) is 75.4 Å². The molecule has 4 aromatic rings. The number of ketones is 1. The molecule has 2 aliphatic rings. The second-order valence-corrected chi connectivity index (χ2v) is 15.8. The van der Waals surface area contributed by atoms with Crippen LogP contribution >= 0.6 is 6.72 Å². The zero-order chi connectivity index (χ0) is 41.6. The standard InChI is InChI=1S/C34H35F2N8O12PS/c1-18(46)8-9-23(48)55-27-25(36)21(54-32(27)44-17-40-26-29(38-16-39-30(26)44)42-31(49)19-6-3-2-4-7-19)15-52-57(58,51-13-5-11-37)56-28-24(35)20(14-45)53-33(28)43-12-10-22(47)41-34(43)50/h2-4,6-7,10,12,16-17,20-21,24-25,27-28,32-33,45H,5,8-9,13-15H2,1H3,(H,41,47,50)(H,38,39,42,49). The van der Waals surface area contributed by atoms with Crippen LogP contribution in [0, 0.1) is 11.3 Å². The number of alkyl halides is 2. The average Bonchev–Trinajstić information content (AvgIpc) is 3.86. The van der Waals surface area contributed by atoms with E-state index < -0.39 is 98.9 Å². The van der Waals surface area contributed by atoms with Crippen molar-refractivity contribution in [3.63, 3.8) is 0 Å². The fourth-order valence-corrected chi connectivity index (χ4v) is 8.05. The van der Waals surface area contributed by atoms with Crippen molar-refractivity contribution < 1.29 is 56.1 Å². The summed E-state index contributed by atoms with van der Waals surface area (Å²) in [6.45, 7) is -5.00. The Bertz CT molecular complexity index is 2350. The zero-order valence-electron chi connectivity index (χ0n) is 30.3. The lowest BCUT2D eigenvalue weighted by Crippen LogP contribution is -2.38. The van der Waals surface area contributed by atoms with Gasteiger partial charge in [0.1, 0.15) is 30.4 Å². The minimum Gasteiger partial charge on any atom is -0.454 e. The Labute approximate surface area is 331 Å². The van der Waals surface area contributed by atoms with Crippen molar-refractivity contribution in [3.05, 3.63) is 81.7 Å². The van der Waals surface area contributed by atoms with Crippen molar-refractivity contribution in [2.75, 3.05) is 25.1 Å². The summed E-state index contributed by atoms with van der Waals surface area (Å²) in [6.07, 6.45) is -11.5. The number of halogens is 2. The lowest BCUT2D eigenvalue weighted by Gasteiger charge is -2.29. The number of carbonyl (C=O) groups excluding carboxylic acids is 3. The first kappa shape index (κ1) is 42.4. The minimum atomic E-state index is -4.25. The summed E-state index contributed by atoms with van der Waals surface area (Å²) in [6, 6.07) is 11.1. The highest BCUT2D eigenvalue weighted by molar-refractivity contribution is 8.07. The number of hydrogen-bond donors (Lipinski definition) is 3. The molecule has 3 aromatic heterocycles. The maximum atomic E-state index is 16.5. The van der Waals surface area contributed by atoms with Gasteiger partial charge in [0, 0.05) is 24.2 Å². The monoisotopic (exact) mass is 848 g/mol. The van der Waals surface area contributed by atoms with Crippen LogP contribution in [-0.4, -0.2) is 108 Å². The maximum Gasteiger partial charge on any atom is 0.330 e.